The molecule has 4 nitrogen and oxygen atoms in total. The number of halogens is 1. The summed E-state index contributed by atoms with van der Waals surface area (Å²) in [5, 5.41) is 0.931. The highest BCUT2D eigenvalue weighted by atomic mass is 79.9. The average molecular weight is 464 g/mol. The lowest BCUT2D eigenvalue weighted by molar-refractivity contribution is 0.0763. The normalized spacial score (nSPS) is 17.8. The first kappa shape index (κ1) is 19.7. The van der Waals surface area contributed by atoms with Gasteiger partial charge in [0.25, 0.3) is 5.91 Å². The van der Waals surface area contributed by atoms with Gasteiger partial charge in [0.2, 0.25) is 0 Å². The number of carbonyl (C=O) groups excluding carboxylic acids is 1. The van der Waals surface area contributed by atoms with Crippen LogP contribution in [0.2, 0.25) is 0 Å². The molecule has 1 aliphatic heterocycles. The number of para-hydroxylation sites is 1. The molecule has 0 atom stereocenters. The second-order valence-corrected chi connectivity index (χ2v) is 9.39. The van der Waals surface area contributed by atoms with Crippen LogP contribution in [0.5, 0.6) is 0 Å². The van der Waals surface area contributed by atoms with E-state index >= 15 is 0 Å². The predicted octanol–water partition coefficient (Wildman–Crippen LogP) is 5.22. The Morgan fingerprint density at radius 1 is 1.00 bits per heavy atom. The van der Waals surface area contributed by atoms with Gasteiger partial charge >= 0.3 is 0 Å². The van der Waals surface area contributed by atoms with E-state index < -0.39 is 0 Å². The van der Waals surface area contributed by atoms with Crippen LogP contribution in [0, 0.1) is 5.92 Å². The Morgan fingerprint density at radius 3 is 2.70 bits per heavy atom. The lowest BCUT2D eigenvalue weighted by atomic mass is 10.0. The Morgan fingerprint density at radius 2 is 1.87 bits per heavy atom. The van der Waals surface area contributed by atoms with Crippen molar-refractivity contribution >= 4 is 32.7 Å². The highest BCUT2D eigenvalue weighted by molar-refractivity contribution is 9.10. The predicted molar refractivity (Wildman–Crippen MR) is 125 cm³/mol. The molecular weight excluding hydrogens is 438 g/mol. The van der Waals surface area contributed by atoms with Crippen LogP contribution in [0.25, 0.3) is 22.2 Å². The molecular formula is C25H26BrN3O. The number of fused-ring (bicyclic) bond motifs is 1. The summed E-state index contributed by atoms with van der Waals surface area (Å²) in [4.78, 5) is 23.1. The van der Waals surface area contributed by atoms with E-state index in [1.165, 1.54) is 19.4 Å². The van der Waals surface area contributed by atoms with E-state index in [0.29, 0.717) is 0 Å². The number of carbonyl (C=O) groups is 1. The van der Waals surface area contributed by atoms with Gasteiger partial charge in [0, 0.05) is 41.6 Å². The van der Waals surface area contributed by atoms with Crippen LogP contribution in [-0.2, 0) is 0 Å². The van der Waals surface area contributed by atoms with Crippen molar-refractivity contribution in [1.82, 2.24) is 14.8 Å². The minimum atomic E-state index is 0.123. The number of hydrogen-bond donors (Lipinski definition) is 0. The van der Waals surface area contributed by atoms with Gasteiger partial charge in [-0.2, -0.15) is 0 Å². The standard InChI is InChI=1S/C25H26BrN3O/c26-20-6-3-5-19(15-20)24-16-22(21-7-1-2-8-23(21)27-24)25(30)29-12-4-11-28(13-14-29)17-18-9-10-18/h1-3,5-8,15-16,18H,4,9-14,17H2. The number of nitrogens with zero attached hydrogens (tertiary/aromatic N) is 3. The summed E-state index contributed by atoms with van der Waals surface area (Å²) in [5.74, 6) is 1.02. The van der Waals surface area contributed by atoms with E-state index in [1.54, 1.807) is 0 Å². The molecule has 0 unspecified atom stereocenters. The van der Waals surface area contributed by atoms with Gasteiger partial charge in [-0.1, -0.05) is 46.3 Å². The van der Waals surface area contributed by atoms with Gasteiger partial charge in [0.15, 0.2) is 0 Å². The number of hydrogen-bond acceptors (Lipinski definition) is 3. The maximum atomic E-state index is 13.6. The zero-order chi connectivity index (χ0) is 20.5. The minimum absolute atomic E-state index is 0.123. The molecule has 0 spiro atoms. The fourth-order valence-electron chi connectivity index (χ4n) is 4.34. The van der Waals surface area contributed by atoms with Crippen molar-refractivity contribution in [3.05, 3.63) is 64.6 Å². The van der Waals surface area contributed by atoms with Gasteiger partial charge in [-0.15, -0.1) is 0 Å². The smallest absolute Gasteiger partial charge is 0.254 e. The average Bonchev–Trinajstić information content (AvgIpc) is 3.60. The van der Waals surface area contributed by atoms with Crippen molar-refractivity contribution in [2.45, 2.75) is 19.3 Å². The topological polar surface area (TPSA) is 36.4 Å². The van der Waals surface area contributed by atoms with E-state index in [2.05, 4.69) is 20.8 Å². The van der Waals surface area contributed by atoms with E-state index in [0.717, 1.165) is 70.7 Å². The van der Waals surface area contributed by atoms with Crippen molar-refractivity contribution in [3.63, 3.8) is 0 Å². The van der Waals surface area contributed by atoms with E-state index in [-0.39, 0.29) is 5.91 Å². The molecule has 0 N–H and O–H groups in total. The third-order valence-electron chi connectivity index (χ3n) is 6.16. The summed E-state index contributed by atoms with van der Waals surface area (Å²) < 4.78 is 1.01. The monoisotopic (exact) mass is 463 g/mol. The molecule has 154 valence electrons. The van der Waals surface area contributed by atoms with Crippen molar-refractivity contribution < 1.29 is 4.79 Å². The third kappa shape index (κ3) is 4.28. The molecule has 3 aromatic rings. The second kappa shape index (κ2) is 8.48. The summed E-state index contributed by atoms with van der Waals surface area (Å²) in [7, 11) is 0. The van der Waals surface area contributed by atoms with Gasteiger partial charge < -0.3 is 9.80 Å². The van der Waals surface area contributed by atoms with Crippen LogP contribution in [0.1, 0.15) is 29.6 Å². The van der Waals surface area contributed by atoms with Crippen LogP contribution in [0.4, 0.5) is 0 Å². The number of amides is 1. The molecule has 2 aliphatic rings. The fourth-order valence-corrected chi connectivity index (χ4v) is 4.74. The summed E-state index contributed by atoms with van der Waals surface area (Å²) in [6.07, 6.45) is 3.79. The van der Waals surface area contributed by atoms with Crippen LogP contribution in [-0.4, -0.2) is 53.4 Å². The molecule has 1 amide bonds. The molecule has 2 heterocycles. The molecule has 1 saturated heterocycles. The van der Waals surface area contributed by atoms with Gasteiger partial charge in [-0.25, -0.2) is 4.98 Å². The lowest BCUT2D eigenvalue weighted by Gasteiger charge is -2.23. The van der Waals surface area contributed by atoms with Crippen molar-refractivity contribution in [2.24, 2.45) is 5.92 Å². The van der Waals surface area contributed by atoms with Crippen molar-refractivity contribution in [2.75, 3.05) is 32.7 Å². The highest BCUT2D eigenvalue weighted by Gasteiger charge is 2.27. The quantitative estimate of drug-likeness (QED) is 0.531. The molecule has 30 heavy (non-hydrogen) atoms. The summed E-state index contributed by atoms with van der Waals surface area (Å²) in [5.41, 5.74) is 3.47. The van der Waals surface area contributed by atoms with E-state index in [1.807, 2.05) is 59.5 Å². The van der Waals surface area contributed by atoms with Crippen LogP contribution < -0.4 is 0 Å². The Kier molecular flexibility index (Phi) is 5.57. The van der Waals surface area contributed by atoms with Gasteiger partial charge in [-0.3, -0.25) is 4.79 Å². The van der Waals surface area contributed by atoms with Gasteiger partial charge in [0.05, 0.1) is 16.8 Å². The molecule has 0 bridgehead atoms. The summed E-state index contributed by atoms with van der Waals surface area (Å²) in [6, 6.07) is 18.0. The Labute approximate surface area is 186 Å². The Balaban J connectivity index is 1.47. The number of rotatable bonds is 4. The summed E-state index contributed by atoms with van der Waals surface area (Å²) >= 11 is 3.55. The maximum absolute atomic E-state index is 13.6. The van der Waals surface area contributed by atoms with Gasteiger partial charge in [-0.05, 0) is 56.0 Å². The Bertz CT molecular complexity index is 1080. The molecule has 5 rings (SSSR count). The first-order valence-corrected chi connectivity index (χ1v) is 11.6. The number of benzene rings is 2. The molecule has 5 heteroatoms. The SMILES string of the molecule is O=C(c1cc(-c2cccc(Br)c2)nc2ccccc12)N1CCCN(CC2CC2)CC1. The third-order valence-corrected chi connectivity index (χ3v) is 6.65. The largest absolute Gasteiger partial charge is 0.337 e. The summed E-state index contributed by atoms with van der Waals surface area (Å²) in [6.45, 7) is 4.90. The first-order valence-electron chi connectivity index (χ1n) is 10.8. The zero-order valence-corrected chi connectivity index (χ0v) is 18.6. The maximum Gasteiger partial charge on any atom is 0.254 e. The van der Waals surface area contributed by atoms with Crippen LogP contribution in [0.3, 0.4) is 0 Å². The zero-order valence-electron chi connectivity index (χ0n) is 17.1. The second-order valence-electron chi connectivity index (χ2n) is 8.47. The molecule has 2 fully saturated rings. The molecule has 1 aromatic heterocycles. The van der Waals surface area contributed by atoms with Gasteiger partial charge in [0.1, 0.15) is 0 Å². The van der Waals surface area contributed by atoms with Crippen LogP contribution in [0.15, 0.2) is 59.1 Å². The minimum Gasteiger partial charge on any atom is -0.337 e. The van der Waals surface area contributed by atoms with E-state index in [4.69, 9.17) is 4.98 Å². The lowest BCUT2D eigenvalue weighted by Crippen LogP contribution is -2.35. The molecule has 1 saturated carbocycles. The Hall–Kier alpha value is -2.24. The first-order chi connectivity index (χ1) is 14.7. The van der Waals surface area contributed by atoms with E-state index in [9.17, 15) is 4.79 Å². The molecule has 0 radical (unpaired) electrons. The molecule has 2 aromatic carbocycles. The van der Waals surface area contributed by atoms with Crippen molar-refractivity contribution in [3.8, 4) is 11.3 Å². The highest BCUT2D eigenvalue weighted by Crippen LogP contribution is 2.30. The molecule has 1 aliphatic carbocycles. The van der Waals surface area contributed by atoms with Crippen LogP contribution >= 0.6 is 15.9 Å². The number of aromatic nitrogens is 1. The fraction of sp³-hybridized carbons (Fsp3) is 0.360. The number of pyridine rings is 1. The van der Waals surface area contributed by atoms with Crippen molar-refractivity contribution in [1.29, 1.82) is 0 Å².